The Kier molecular flexibility index (Phi) is 4.74. The summed E-state index contributed by atoms with van der Waals surface area (Å²) in [5.74, 6) is 0.0952. The molecule has 1 aliphatic rings. The lowest BCUT2D eigenvalue weighted by Gasteiger charge is -2.37. The summed E-state index contributed by atoms with van der Waals surface area (Å²) >= 11 is 0. The average Bonchev–Trinajstić information content (AvgIpc) is 2.97. The summed E-state index contributed by atoms with van der Waals surface area (Å²) in [7, 11) is 0. The minimum Gasteiger partial charge on any atom is -0.333 e. The molecule has 2 aromatic rings. The first-order chi connectivity index (χ1) is 12.2. The SMILES string of the molecule is Cc1c(C(=O)N2CC(C)NCC2C)cnn1-c1ccc(C(F)(F)F)cn1. The summed E-state index contributed by atoms with van der Waals surface area (Å²) in [5, 5.41) is 7.46. The molecule has 3 rings (SSSR count). The Morgan fingerprint density at radius 3 is 2.62 bits per heavy atom. The molecule has 0 saturated carbocycles. The molecule has 1 N–H and O–H groups in total. The van der Waals surface area contributed by atoms with Crippen LogP contribution in [0.3, 0.4) is 0 Å². The number of halogens is 3. The second-order valence-electron chi connectivity index (χ2n) is 6.57. The Bertz CT molecular complexity index is 800. The van der Waals surface area contributed by atoms with Crippen molar-refractivity contribution in [1.29, 1.82) is 0 Å². The summed E-state index contributed by atoms with van der Waals surface area (Å²) in [4.78, 5) is 18.5. The van der Waals surface area contributed by atoms with E-state index >= 15 is 0 Å². The quantitative estimate of drug-likeness (QED) is 0.886. The van der Waals surface area contributed by atoms with Crippen LogP contribution in [-0.2, 0) is 6.18 Å². The largest absolute Gasteiger partial charge is 0.417 e. The Morgan fingerprint density at radius 2 is 2.00 bits per heavy atom. The van der Waals surface area contributed by atoms with Gasteiger partial charge < -0.3 is 10.2 Å². The van der Waals surface area contributed by atoms with Crippen molar-refractivity contribution in [3.63, 3.8) is 0 Å². The van der Waals surface area contributed by atoms with Crippen molar-refractivity contribution in [3.05, 3.63) is 41.3 Å². The van der Waals surface area contributed by atoms with Gasteiger partial charge in [-0.2, -0.15) is 18.3 Å². The summed E-state index contributed by atoms with van der Waals surface area (Å²) in [6.45, 7) is 6.97. The van der Waals surface area contributed by atoms with Gasteiger partial charge in [-0.25, -0.2) is 9.67 Å². The van der Waals surface area contributed by atoms with E-state index in [2.05, 4.69) is 15.4 Å². The number of carbonyl (C=O) groups is 1. The molecular weight excluding hydrogens is 347 g/mol. The van der Waals surface area contributed by atoms with E-state index in [9.17, 15) is 18.0 Å². The van der Waals surface area contributed by atoms with Crippen molar-refractivity contribution in [2.24, 2.45) is 0 Å². The fourth-order valence-electron chi connectivity index (χ4n) is 2.99. The number of piperazine rings is 1. The van der Waals surface area contributed by atoms with E-state index in [0.29, 0.717) is 24.3 Å². The summed E-state index contributed by atoms with van der Waals surface area (Å²) < 4.78 is 39.4. The van der Waals surface area contributed by atoms with E-state index in [-0.39, 0.29) is 23.8 Å². The van der Waals surface area contributed by atoms with E-state index in [1.54, 1.807) is 11.8 Å². The third kappa shape index (κ3) is 3.44. The number of aromatic nitrogens is 3. The van der Waals surface area contributed by atoms with Gasteiger partial charge in [0.2, 0.25) is 0 Å². The standard InChI is InChI=1S/C17H20F3N5O/c1-10-9-24(11(2)6-21-10)16(26)14-8-23-25(12(14)3)15-5-4-13(7-22-15)17(18,19)20/h4-5,7-8,10-11,21H,6,9H2,1-3H3. The smallest absolute Gasteiger partial charge is 0.333 e. The van der Waals surface area contributed by atoms with Crippen LogP contribution in [0.2, 0.25) is 0 Å². The Hall–Kier alpha value is -2.42. The number of rotatable bonds is 2. The van der Waals surface area contributed by atoms with Gasteiger partial charge in [0.15, 0.2) is 5.82 Å². The second kappa shape index (κ2) is 6.71. The van der Waals surface area contributed by atoms with Gasteiger partial charge in [0.05, 0.1) is 23.0 Å². The first-order valence-electron chi connectivity index (χ1n) is 8.31. The normalized spacial score (nSPS) is 21.1. The number of pyridine rings is 1. The van der Waals surface area contributed by atoms with E-state index in [0.717, 1.165) is 12.3 Å². The average molecular weight is 367 g/mol. The van der Waals surface area contributed by atoms with Crippen molar-refractivity contribution in [1.82, 2.24) is 25.0 Å². The van der Waals surface area contributed by atoms with Gasteiger partial charge in [-0.3, -0.25) is 4.79 Å². The van der Waals surface area contributed by atoms with Gasteiger partial charge in [-0.05, 0) is 32.9 Å². The van der Waals surface area contributed by atoms with E-state index in [1.165, 1.54) is 16.9 Å². The predicted octanol–water partition coefficient (Wildman–Crippen LogP) is 2.42. The molecule has 2 unspecified atom stereocenters. The third-order valence-electron chi connectivity index (χ3n) is 4.56. The molecule has 2 atom stereocenters. The number of hydrogen-bond acceptors (Lipinski definition) is 4. The van der Waals surface area contributed by atoms with Gasteiger partial charge in [0.25, 0.3) is 5.91 Å². The number of amides is 1. The molecule has 0 aromatic carbocycles. The molecule has 2 aromatic heterocycles. The molecule has 0 spiro atoms. The number of nitrogens with one attached hydrogen (secondary N) is 1. The Labute approximate surface area is 149 Å². The zero-order valence-corrected chi connectivity index (χ0v) is 14.7. The van der Waals surface area contributed by atoms with Crippen molar-refractivity contribution in [2.75, 3.05) is 13.1 Å². The van der Waals surface area contributed by atoms with Gasteiger partial charge >= 0.3 is 6.18 Å². The van der Waals surface area contributed by atoms with Crippen molar-refractivity contribution >= 4 is 5.91 Å². The van der Waals surface area contributed by atoms with Gasteiger partial charge in [0, 0.05) is 31.4 Å². The molecule has 0 radical (unpaired) electrons. The highest BCUT2D eigenvalue weighted by Gasteiger charge is 2.31. The molecule has 1 amide bonds. The number of nitrogens with zero attached hydrogens (tertiary/aromatic N) is 4. The van der Waals surface area contributed by atoms with Crippen LogP contribution in [0.5, 0.6) is 0 Å². The first kappa shape index (κ1) is 18.4. The molecule has 1 fully saturated rings. The van der Waals surface area contributed by atoms with E-state index in [4.69, 9.17) is 0 Å². The van der Waals surface area contributed by atoms with Gasteiger partial charge in [-0.15, -0.1) is 0 Å². The highest BCUT2D eigenvalue weighted by molar-refractivity contribution is 5.95. The van der Waals surface area contributed by atoms with Crippen LogP contribution in [0.25, 0.3) is 5.82 Å². The van der Waals surface area contributed by atoms with Crippen molar-refractivity contribution in [2.45, 2.75) is 39.0 Å². The van der Waals surface area contributed by atoms with Gasteiger partial charge in [0.1, 0.15) is 0 Å². The lowest BCUT2D eigenvalue weighted by molar-refractivity contribution is -0.137. The zero-order chi connectivity index (χ0) is 19.1. The fourth-order valence-corrected chi connectivity index (χ4v) is 2.99. The lowest BCUT2D eigenvalue weighted by atomic mass is 10.1. The third-order valence-corrected chi connectivity index (χ3v) is 4.56. The molecule has 26 heavy (non-hydrogen) atoms. The lowest BCUT2D eigenvalue weighted by Crippen LogP contribution is -2.56. The molecular formula is C17H20F3N5O. The van der Waals surface area contributed by atoms with E-state index < -0.39 is 11.7 Å². The van der Waals surface area contributed by atoms with Crippen LogP contribution in [0.1, 0.15) is 35.5 Å². The maximum absolute atomic E-state index is 12.9. The zero-order valence-electron chi connectivity index (χ0n) is 14.7. The molecule has 3 heterocycles. The molecule has 0 aliphatic carbocycles. The van der Waals surface area contributed by atoms with Crippen LogP contribution in [0, 0.1) is 6.92 Å². The molecule has 1 aliphatic heterocycles. The first-order valence-corrected chi connectivity index (χ1v) is 8.31. The molecule has 9 heteroatoms. The number of alkyl halides is 3. The maximum atomic E-state index is 12.9. The maximum Gasteiger partial charge on any atom is 0.417 e. The summed E-state index contributed by atoms with van der Waals surface area (Å²) in [6, 6.07) is 2.44. The van der Waals surface area contributed by atoms with Crippen molar-refractivity contribution < 1.29 is 18.0 Å². The monoisotopic (exact) mass is 367 g/mol. The van der Waals surface area contributed by atoms with Gasteiger partial charge in [-0.1, -0.05) is 0 Å². The fraction of sp³-hybridized carbons (Fsp3) is 0.471. The van der Waals surface area contributed by atoms with Crippen LogP contribution in [-0.4, -0.2) is 50.7 Å². The highest BCUT2D eigenvalue weighted by Crippen LogP contribution is 2.29. The van der Waals surface area contributed by atoms with E-state index in [1.807, 2.05) is 13.8 Å². The van der Waals surface area contributed by atoms with Crippen LogP contribution >= 0.6 is 0 Å². The topological polar surface area (TPSA) is 63.1 Å². The molecule has 140 valence electrons. The van der Waals surface area contributed by atoms with Crippen LogP contribution in [0.15, 0.2) is 24.5 Å². The molecule has 1 saturated heterocycles. The Balaban J connectivity index is 1.87. The highest BCUT2D eigenvalue weighted by atomic mass is 19.4. The number of hydrogen-bond donors (Lipinski definition) is 1. The minimum atomic E-state index is -4.44. The van der Waals surface area contributed by atoms with Crippen molar-refractivity contribution in [3.8, 4) is 5.82 Å². The molecule has 0 bridgehead atoms. The Morgan fingerprint density at radius 1 is 1.27 bits per heavy atom. The van der Waals surface area contributed by atoms with Crippen LogP contribution in [0.4, 0.5) is 13.2 Å². The summed E-state index contributed by atoms with van der Waals surface area (Å²) in [6.07, 6.45) is -2.24. The predicted molar refractivity (Wildman–Crippen MR) is 89.1 cm³/mol. The number of carbonyl (C=O) groups excluding carboxylic acids is 1. The molecule has 6 nitrogen and oxygen atoms in total. The minimum absolute atomic E-state index is 0.0469. The van der Waals surface area contributed by atoms with Crippen LogP contribution < -0.4 is 5.32 Å². The summed E-state index contributed by atoms with van der Waals surface area (Å²) in [5.41, 5.74) is 0.138. The second-order valence-corrected chi connectivity index (χ2v) is 6.57.